The predicted molar refractivity (Wildman–Crippen MR) is 105 cm³/mol. The summed E-state index contributed by atoms with van der Waals surface area (Å²) in [5.74, 6) is 0. The summed E-state index contributed by atoms with van der Waals surface area (Å²) in [6.45, 7) is 0. The van der Waals surface area contributed by atoms with E-state index in [-0.39, 0.29) is 0 Å². The third-order valence-corrected chi connectivity index (χ3v) is 5.31. The van der Waals surface area contributed by atoms with Gasteiger partial charge < -0.3 is 5.11 Å². The molecule has 0 radical (unpaired) electrons. The van der Waals surface area contributed by atoms with Crippen LogP contribution in [0.25, 0.3) is 16.3 Å². The molecule has 0 amide bonds. The van der Waals surface area contributed by atoms with Crippen LogP contribution in [0.4, 0.5) is 0 Å². The third-order valence-electron chi connectivity index (χ3n) is 4.15. The van der Waals surface area contributed by atoms with Gasteiger partial charge in [0.25, 0.3) is 0 Å². The molecule has 1 N–H and O–H groups in total. The van der Waals surface area contributed by atoms with E-state index in [2.05, 4.69) is 0 Å². The van der Waals surface area contributed by atoms with Gasteiger partial charge in [-0.2, -0.15) is 0 Å². The minimum Gasteiger partial charge on any atom is -0.374 e. The van der Waals surface area contributed by atoms with Gasteiger partial charge in [-0.3, -0.25) is 0 Å². The van der Waals surface area contributed by atoms with Crippen molar-refractivity contribution in [2.75, 3.05) is 0 Å². The quantitative estimate of drug-likeness (QED) is 0.549. The number of aromatic nitrogens is 1. The van der Waals surface area contributed by atoms with E-state index in [0.717, 1.165) is 21.3 Å². The molecule has 0 spiro atoms. The maximum Gasteiger partial charge on any atom is 0.160 e. The molecule has 25 heavy (non-hydrogen) atoms. The molecule has 0 fully saturated rings. The Kier molecular flexibility index (Phi) is 4.18. The average molecular weight is 343 g/mol. The first-order chi connectivity index (χ1) is 12.3. The molecular formula is C22H17NOS. The van der Waals surface area contributed by atoms with E-state index in [9.17, 15) is 5.11 Å². The van der Waals surface area contributed by atoms with Crippen LogP contribution in [0.3, 0.4) is 0 Å². The van der Waals surface area contributed by atoms with Crippen LogP contribution in [0.2, 0.25) is 0 Å². The molecular weight excluding hydrogens is 326 g/mol. The number of hydrogen-bond donors (Lipinski definition) is 1. The molecule has 3 aromatic carbocycles. The highest BCUT2D eigenvalue weighted by molar-refractivity contribution is 7.18. The summed E-state index contributed by atoms with van der Waals surface area (Å²) in [6.07, 6.45) is 3.77. The zero-order chi connectivity index (χ0) is 17.1. The zero-order valence-electron chi connectivity index (χ0n) is 13.5. The molecule has 0 aliphatic heterocycles. The number of thiazole rings is 1. The minimum absolute atomic E-state index is 0.673. The van der Waals surface area contributed by atoms with Gasteiger partial charge in [0.15, 0.2) is 5.60 Å². The largest absolute Gasteiger partial charge is 0.374 e. The van der Waals surface area contributed by atoms with Crippen LogP contribution >= 0.6 is 11.3 Å². The van der Waals surface area contributed by atoms with Crippen molar-refractivity contribution in [1.29, 1.82) is 0 Å². The highest BCUT2D eigenvalue weighted by Gasteiger charge is 2.32. The number of rotatable bonds is 4. The van der Waals surface area contributed by atoms with Crippen molar-refractivity contribution < 1.29 is 5.11 Å². The van der Waals surface area contributed by atoms with E-state index in [0.29, 0.717) is 5.01 Å². The molecule has 3 heteroatoms. The Morgan fingerprint density at radius 3 is 2.16 bits per heavy atom. The van der Waals surface area contributed by atoms with Crippen LogP contribution in [-0.2, 0) is 5.60 Å². The van der Waals surface area contributed by atoms with Crippen LogP contribution in [-0.4, -0.2) is 10.1 Å². The fraction of sp³-hybridized carbons (Fsp3) is 0.0455. The number of benzene rings is 3. The average Bonchev–Trinajstić information content (AvgIpc) is 3.12. The Balaban J connectivity index is 1.85. The first-order valence-corrected chi connectivity index (χ1v) is 8.95. The lowest BCUT2D eigenvalue weighted by molar-refractivity contribution is 0.135. The van der Waals surface area contributed by atoms with Gasteiger partial charge in [-0.1, -0.05) is 78.9 Å². The van der Waals surface area contributed by atoms with E-state index in [4.69, 9.17) is 4.98 Å². The van der Waals surface area contributed by atoms with E-state index in [1.165, 1.54) is 11.3 Å². The minimum atomic E-state index is -1.26. The van der Waals surface area contributed by atoms with Gasteiger partial charge in [-0.05, 0) is 29.3 Å². The molecule has 0 unspecified atom stereocenters. The summed E-state index contributed by atoms with van der Waals surface area (Å²) in [6, 6.07) is 27.6. The summed E-state index contributed by atoms with van der Waals surface area (Å²) >= 11 is 1.52. The molecule has 0 aliphatic rings. The van der Waals surface area contributed by atoms with Crippen molar-refractivity contribution >= 4 is 27.6 Å². The van der Waals surface area contributed by atoms with E-state index < -0.39 is 5.60 Å². The first-order valence-electron chi connectivity index (χ1n) is 8.14. The summed E-state index contributed by atoms with van der Waals surface area (Å²) in [4.78, 5) is 4.69. The Morgan fingerprint density at radius 1 is 0.800 bits per heavy atom. The number of hydrogen-bond acceptors (Lipinski definition) is 3. The lowest BCUT2D eigenvalue weighted by Gasteiger charge is -2.22. The van der Waals surface area contributed by atoms with Crippen LogP contribution in [0, 0.1) is 0 Å². The fourth-order valence-corrected chi connectivity index (χ4v) is 3.86. The molecule has 0 saturated heterocycles. The smallest absolute Gasteiger partial charge is 0.160 e. The second kappa shape index (κ2) is 6.63. The van der Waals surface area contributed by atoms with Crippen LogP contribution in [0.5, 0.6) is 0 Å². The highest BCUT2D eigenvalue weighted by Crippen LogP contribution is 2.36. The standard InChI is InChI=1S/C22H17NOS/c24-22(18-11-5-2-6-12-18,16-15-17-9-3-1-4-10-17)21-23-19-13-7-8-14-20(19)25-21/h1-16,24H/b16-15+/t22-/m1/s1. The maximum absolute atomic E-state index is 11.6. The van der Waals surface area contributed by atoms with Crippen LogP contribution in [0.15, 0.2) is 91.0 Å². The maximum atomic E-state index is 11.6. The Morgan fingerprint density at radius 2 is 1.44 bits per heavy atom. The molecule has 4 aromatic rings. The van der Waals surface area contributed by atoms with Crippen molar-refractivity contribution in [3.05, 3.63) is 107 Å². The van der Waals surface area contributed by atoms with Crippen molar-refractivity contribution in [3.8, 4) is 0 Å². The molecule has 2 nitrogen and oxygen atoms in total. The third kappa shape index (κ3) is 3.12. The topological polar surface area (TPSA) is 33.1 Å². The van der Waals surface area contributed by atoms with Crippen molar-refractivity contribution in [3.63, 3.8) is 0 Å². The predicted octanol–water partition coefficient (Wildman–Crippen LogP) is 5.25. The van der Waals surface area contributed by atoms with Gasteiger partial charge in [0.05, 0.1) is 10.2 Å². The Labute approximate surface area is 150 Å². The second-order valence-corrected chi connectivity index (χ2v) is 6.89. The molecule has 0 aliphatic carbocycles. The summed E-state index contributed by atoms with van der Waals surface area (Å²) in [7, 11) is 0. The molecule has 4 rings (SSSR count). The van der Waals surface area contributed by atoms with Gasteiger partial charge in [0.2, 0.25) is 0 Å². The van der Waals surface area contributed by atoms with Crippen molar-refractivity contribution in [1.82, 2.24) is 4.98 Å². The Bertz CT molecular complexity index is 975. The lowest BCUT2D eigenvalue weighted by Crippen LogP contribution is -2.24. The highest BCUT2D eigenvalue weighted by atomic mass is 32.1. The van der Waals surface area contributed by atoms with E-state index >= 15 is 0 Å². The molecule has 1 atom stereocenters. The number of para-hydroxylation sites is 1. The molecule has 1 heterocycles. The van der Waals surface area contributed by atoms with Gasteiger partial charge >= 0.3 is 0 Å². The number of aliphatic hydroxyl groups is 1. The molecule has 1 aromatic heterocycles. The van der Waals surface area contributed by atoms with Gasteiger partial charge in [0.1, 0.15) is 5.01 Å². The van der Waals surface area contributed by atoms with E-state index in [1.54, 1.807) is 0 Å². The number of nitrogens with zero attached hydrogens (tertiary/aromatic N) is 1. The van der Waals surface area contributed by atoms with Crippen molar-refractivity contribution in [2.45, 2.75) is 5.60 Å². The molecule has 122 valence electrons. The second-order valence-electron chi connectivity index (χ2n) is 5.86. The van der Waals surface area contributed by atoms with Crippen molar-refractivity contribution in [2.24, 2.45) is 0 Å². The van der Waals surface area contributed by atoms with Crippen LogP contribution < -0.4 is 0 Å². The monoisotopic (exact) mass is 343 g/mol. The fourth-order valence-electron chi connectivity index (χ4n) is 2.80. The Hall–Kier alpha value is -2.75. The SMILES string of the molecule is O[C@](/C=C/c1ccccc1)(c1ccccc1)c1nc2ccccc2s1. The van der Waals surface area contributed by atoms with Crippen LogP contribution in [0.1, 0.15) is 16.1 Å². The number of fused-ring (bicyclic) bond motifs is 1. The molecule has 0 saturated carbocycles. The zero-order valence-corrected chi connectivity index (χ0v) is 14.4. The van der Waals surface area contributed by atoms with Gasteiger partial charge in [0, 0.05) is 0 Å². The lowest BCUT2D eigenvalue weighted by atomic mass is 9.93. The first kappa shape index (κ1) is 15.8. The van der Waals surface area contributed by atoms with E-state index in [1.807, 2.05) is 97.1 Å². The summed E-state index contributed by atoms with van der Waals surface area (Å²) in [5.41, 5.74) is 1.49. The summed E-state index contributed by atoms with van der Waals surface area (Å²) in [5, 5.41) is 12.3. The molecule has 0 bridgehead atoms. The van der Waals surface area contributed by atoms with Gasteiger partial charge in [-0.15, -0.1) is 11.3 Å². The summed E-state index contributed by atoms with van der Waals surface area (Å²) < 4.78 is 1.07. The van der Waals surface area contributed by atoms with Gasteiger partial charge in [-0.25, -0.2) is 4.98 Å². The normalized spacial score (nSPS) is 14.0.